The molecule has 20 heavy (non-hydrogen) atoms. The Labute approximate surface area is 140 Å². The zero-order valence-electron chi connectivity index (χ0n) is 11.1. The van der Waals surface area contributed by atoms with Gasteiger partial charge in [-0.15, -0.1) is 31.4 Å². The van der Waals surface area contributed by atoms with Crippen LogP contribution in [0.3, 0.4) is 0 Å². The Kier molecular flexibility index (Phi) is 9.68. The minimum atomic E-state index is -0.144. The molecule has 1 atom stereocenters. The number of benzene rings is 1. The molecule has 0 spiro atoms. The monoisotopic (exact) mass is 384 g/mol. The third-order valence-electron chi connectivity index (χ3n) is 3.30. The van der Waals surface area contributed by atoms with Crippen LogP contribution < -0.4 is 5.32 Å². The van der Waals surface area contributed by atoms with Crippen LogP contribution >= 0.6 is 40.7 Å². The van der Waals surface area contributed by atoms with E-state index in [-0.39, 0.29) is 36.7 Å². The molecule has 1 aromatic rings. The van der Waals surface area contributed by atoms with Gasteiger partial charge in [-0.2, -0.15) is 0 Å². The van der Waals surface area contributed by atoms with Crippen molar-refractivity contribution in [2.45, 2.75) is 12.5 Å². The molecule has 0 unspecified atom stereocenters. The molecular weight excluding hydrogens is 366 g/mol. The lowest BCUT2D eigenvalue weighted by Crippen LogP contribution is -2.45. The van der Waals surface area contributed by atoms with Crippen molar-refractivity contribution in [2.24, 2.45) is 0 Å². The van der Waals surface area contributed by atoms with Gasteiger partial charge in [0.05, 0.1) is 0 Å². The highest BCUT2D eigenvalue weighted by molar-refractivity contribution is 9.10. The van der Waals surface area contributed by atoms with Gasteiger partial charge in [-0.25, -0.2) is 4.39 Å². The molecule has 0 aliphatic carbocycles. The highest BCUT2D eigenvalue weighted by atomic mass is 79.9. The zero-order chi connectivity index (χ0) is 13.0. The molecule has 0 radical (unpaired) electrons. The van der Waals surface area contributed by atoms with E-state index in [1.807, 2.05) is 18.2 Å². The average molecular weight is 386 g/mol. The first kappa shape index (κ1) is 19.9. The summed E-state index contributed by atoms with van der Waals surface area (Å²) in [4.78, 5) is 2.32. The van der Waals surface area contributed by atoms with Crippen molar-refractivity contribution in [3.63, 3.8) is 0 Å². The van der Waals surface area contributed by atoms with Gasteiger partial charge in [0.15, 0.2) is 0 Å². The lowest BCUT2D eigenvalue weighted by molar-refractivity contribution is 0.171. The van der Waals surface area contributed by atoms with Crippen LogP contribution in [0.15, 0.2) is 35.3 Å². The summed E-state index contributed by atoms with van der Waals surface area (Å²) in [5.41, 5.74) is 0.764. The third-order valence-corrected chi connectivity index (χ3v) is 3.80. The van der Waals surface area contributed by atoms with Crippen molar-refractivity contribution < 1.29 is 4.39 Å². The van der Waals surface area contributed by atoms with Crippen molar-refractivity contribution in [3.05, 3.63) is 46.7 Å². The summed E-state index contributed by atoms with van der Waals surface area (Å²) in [6.45, 7) is 7.63. The Morgan fingerprint density at radius 3 is 2.55 bits per heavy atom. The van der Waals surface area contributed by atoms with Gasteiger partial charge in [0.2, 0.25) is 0 Å². The molecule has 1 N–H and O–H groups in total. The maximum absolute atomic E-state index is 14.1. The maximum atomic E-state index is 14.1. The quantitative estimate of drug-likeness (QED) is 0.789. The van der Waals surface area contributed by atoms with Crippen molar-refractivity contribution in [2.75, 3.05) is 26.2 Å². The number of piperazine rings is 1. The highest BCUT2D eigenvalue weighted by Gasteiger charge is 2.23. The van der Waals surface area contributed by atoms with Crippen LogP contribution in [0.2, 0.25) is 0 Å². The number of halogens is 4. The summed E-state index contributed by atoms with van der Waals surface area (Å²) >= 11 is 3.30. The van der Waals surface area contributed by atoms with Crippen molar-refractivity contribution in [1.82, 2.24) is 10.2 Å². The molecule has 1 aliphatic rings. The maximum Gasteiger partial charge on any atom is 0.129 e. The van der Waals surface area contributed by atoms with Crippen molar-refractivity contribution >= 4 is 40.7 Å². The lowest BCUT2D eigenvalue weighted by atomic mass is 10.0. The number of hydrogen-bond acceptors (Lipinski definition) is 2. The SMILES string of the molecule is C=CC[C@H](c1ccc(Br)cc1F)N1CCNCC1.Cl.Cl. The predicted molar refractivity (Wildman–Crippen MR) is 90.6 cm³/mol. The summed E-state index contributed by atoms with van der Waals surface area (Å²) in [5, 5.41) is 3.32. The van der Waals surface area contributed by atoms with Crippen LogP contribution in [0.1, 0.15) is 18.0 Å². The number of nitrogens with one attached hydrogen (secondary N) is 1. The van der Waals surface area contributed by atoms with E-state index in [0.29, 0.717) is 0 Å². The normalized spacial score (nSPS) is 16.7. The van der Waals surface area contributed by atoms with E-state index in [4.69, 9.17) is 0 Å². The molecule has 1 aliphatic heterocycles. The van der Waals surface area contributed by atoms with Crippen LogP contribution in [0.4, 0.5) is 4.39 Å². The van der Waals surface area contributed by atoms with Crippen molar-refractivity contribution in [1.29, 1.82) is 0 Å². The average Bonchev–Trinajstić information content (AvgIpc) is 2.38. The van der Waals surface area contributed by atoms with Crippen LogP contribution in [-0.2, 0) is 0 Å². The van der Waals surface area contributed by atoms with Gasteiger partial charge in [-0.3, -0.25) is 4.90 Å². The largest absolute Gasteiger partial charge is 0.314 e. The summed E-state index contributed by atoms with van der Waals surface area (Å²) in [6, 6.07) is 5.40. The number of nitrogens with zero attached hydrogens (tertiary/aromatic N) is 1. The fourth-order valence-corrected chi connectivity index (χ4v) is 2.73. The molecule has 0 aromatic heterocycles. The molecular formula is C14H20BrCl2FN2. The number of hydrogen-bond donors (Lipinski definition) is 1. The standard InChI is InChI=1S/C14H18BrFN2.2ClH/c1-2-3-14(18-8-6-17-7-9-18)12-5-4-11(15)10-13(12)16;;/h2,4-5,10,14,17H,1,3,6-9H2;2*1H/t14-;;/m1../s1. The molecule has 0 saturated carbocycles. The van der Waals surface area contributed by atoms with E-state index < -0.39 is 0 Å². The summed E-state index contributed by atoms with van der Waals surface area (Å²) in [7, 11) is 0. The van der Waals surface area contributed by atoms with E-state index in [9.17, 15) is 4.39 Å². The molecule has 114 valence electrons. The van der Waals surface area contributed by atoms with Gasteiger partial charge in [0.25, 0.3) is 0 Å². The molecule has 1 saturated heterocycles. The molecule has 0 bridgehead atoms. The molecule has 1 heterocycles. The van der Waals surface area contributed by atoms with Gasteiger partial charge in [-0.1, -0.05) is 28.1 Å². The smallest absolute Gasteiger partial charge is 0.129 e. The highest BCUT2D eigenvalue weighted by Crippen LogP contribution is 2.28. The Hall–Kier alpha value is -0.130. The Morgan fingerprint density at radius 1 is 1.35 bits per heavy atom. The van der Waals surface area contributed by atoms with E-state index in [1.165, 1.54) is 6.07 Å². The van der Waals surface area contributed by atoms with E-state index in [0.717, 1.165) is 42.6 Å². The second-order valence-corrected chi connectivity index (χ2v) is 5.41. The number of rotatable bonds is 4. The van der Waals surface area contributed by atoms with Crippen LogP contribution in [0.5, 0.6) is 0 Å². The van der Waals surface area contributed by atoms with Crippen molar-refractivity contribution in [3.8, 4) is 0 Å². The Balaban J connectivity index is 0.00000180. The Morgan fingerprint density at radius 2 is 2.00 bits per heavy atom. The fraction of sp³-hybridized carbons (Fsp3) is 0.429. The fourth-order valence-electron chi connectivity index (χ4n) is 2.40. The molecule has 2 rings (SSSR count). The van der Waals surface area contributed by atoms with Gasteiger partial charge in [-0.05, 0) is 18.6 Å². The molecule has 6 heteroatoms. The minimum absolute atomic E-state index is 0. The Bertz CT molecular complexity index is 426. The second-order valence-electron chi connectivity index (χ2n) is 4.49. The summed E-state index contributed by atoms with van der Waals surface area (Å²) < 4.78 is 14.9. The van der Waals surface area contributed by atoms with Crippen LogP contribution in [-0.4, -0.2) is 31.1 Å². The van der Waals surface area contributed by atoms with Gasteiger partial charge < -0.3 is 5.32 Å². The van der Waals surface area contributed by atoms with E-state index in [1.54, 1.807) is 0 Å². The van der Waals surface area contributed by atoms with Crippen LogP contribution in [0.25, 0.3) is 0 Å². The van der Waals surface area contributed by atoms with Gasteiger partial charge >= 0.3 is 0 Å². The topological polar surface area (TPSA) is 15.3 Å². The second kappa shape index (κ2) is 9.74. The molecule has 2 nitrogen and oxygen atoms in total. The first-order valence-corrected chi connectivity index (χ1v) is 7.02. The van der Waals surface area contributed by atoms with E-state index >= 15 is 0 Å². The van der Waals surface area contributed by atoms with Gasteiger partial charge in [0.1, 0.15) is 5.82 Å². The first-order chi connectivity index (χ1) is 8.72. The zero-order valence-corrected chi connectivity index (χ0v) is 14.4. The minimum Gasteiger partial charge on any atom is -0.314 e. The first-order valence-electron chi connectivity index (χ1n) is 6.23. The van der Waals surface area contributed by atoms with Crippen LogP contribution in [0, 0.1) is 5.82 Å². The molecule has 0 amide bonds. The lowest BCUT2D eigenvalue weighted by Gasteiger charge is -2.35. The molecule has 1 aromatic carbocycles. The summed E-state index contributed by atoms with van der Waals surface area (Å²) in [5.74, 6) is -0.144. The summed E-state index contributed by atoms with van der Waals surface area (Å²) in [6.07, 6.45) is 2.65. The van der Waals surface area contributed by atoms with E-state index in [2.05, 4.69) is 32.7 Å². The molecule has 1 fully saturated rings. The third kappa shape index (κ3) is 5.01. The predicted octanol–water partition coefficient (Wildman–Crippen LogP) is 3.95. The van der Waals surface area contributed by atoms with Gasteiger partial charge in [0, 0.05) is 42.3 Å².